The van der Waals surface area contributed by atoms with Crippen LogP contribution in [0.4, 0.5) is 4.39 Å². The molecule has 0 radical (unpaired) electrons. The molecule has 2 aromatic rings. The van der Waals surface area contributed by atoms with Gasteiger partial charge in [0, 0.05) is 29.4 Å². The summed E-state index contributed by atoms with van der Waals surface area (Å²) < 4.78 is 12.9. The number of hydrogen-bond donors (Lipinski definition) is 1. The summed E-state index contributed by atoms with van der Waals surface area (Å²) in [7, 11) is 0. The van der Waals surface area contributed by atoms with E-state index in [1.165, 1.54) is 21.9 Å². The van der Waals surface area contributed by atoms with Crippen LogP contribution in [-0.2, 0) is 13.1 Å². The van der Waals surface area contributed by atoms with Gasteiger partial charge >= 0.3 is 0 Å². The molecule has 1 N–H and O–H groups in total. The quantitative estimate of drug-likeness (QED) is 0.880. The molecule has 0 bridgehead atoms. The first-order valence-corrected chi connectivity index (χ1v) is 7.55. The molecule has 0 spiro atoms. The van der Waals surface area contributed by atoms with Crippen LogP contribution in [-0.4, -0.2) is 22.7 Å². The van der Waals surface area contributed by atoms with Gasteiger partial charge in [-0.25, -0.2) is 4.39 Å². The molecule has 0 aliphatic rings. The molecule has 108 valence electrons. The zero-order valence-corrected chi connectivity index (χ0v) is 12.7. The SMILES string of the molecule is Cc1ccc(CN(Cc2ccc(F)cc2)C[C@@H](C)O)s1. The summed E-state index contributed by atoms with van der Waals surface area (Å²) in [6.45, 7) is 6.00. The summed E-state index contributed by atoms with van der Waals surface area (Å²) in [5, 5.41) is 9.63. The first-order valence-electron chi connectivity index (χ1n) is 6.73. The Labute approximate surface area is 123 Å². The number of benzene rings is 1. The summed E-state index contributed by atoms with van der Waals surface area (Å²) in [5.41, 5.74) is 1.06. The van der Waals surface area contributed by atoms with Crippen molar-refractivity contribution in [3.63, 3.8) is 0 Å². The molecule has 0 fully saturated rings. The van der Waals surface area contributed by atoms with E-state index in [2.05, 4.69) is 24.0 Å². The molecule has 2 rings (SSSR count). The average Bonchev–Trinajstić information content (AvgIpc) is 2.77. The van der Waals surface area contributed by atoms with Gasteiger partial charge in [0.15, 0.2) is 0 Å². The summed E-state index contributed by atoms with van der Waals surface area (Å²) in [6, 6.07) is 10.8. The molecule has 1 aromatic carbocycles. The number of aryl methyl sites for hydroxylation is 1. The van der Waals surface area contributed by atoms with Crippen molar-refractivity contribution >= 4 is 11.3 Å². The van der Waals surface area contributed by atoms with Crippen LogP contribution in [0.15, 0.2) is 36.4 Å². The Morgan fingerprint density at radius 2 is 1.85 bits per heavy atom. The van der Waals surface area contributed by atoms with E-state index in [0.29, 0.717) is 13.1 Å². The zero-order valence-electron chi connectivity index (χ0n) is 11.8. The van der Waals surface area contributed by atoms with Crippen LogP contribution in [0.5, 0.6) is 0 Å². The van der Waals surface area contributed by atoms with Gasteiger partial charge in [-0.3, -0.25) is 4.90 Å². The number of rotatable bonds is 6. The lowest BCUT2D eigenvalue weighted by Gasteiger charge is -2.23. The van der Waals surface area contributed by atoms with Gasteiger partial charge in [0.05, 0.1) is 6.10 Å². The maximum atomic E-state index is 12.9. The molecule has 1 heterocycles. The Morgan fingerprint density at radius 3 is 2.40 bits per heavy atom. The number of halogens is 1. The normalized spacial score (nSPS) is 12.8. The highest BCUT2D eigenvalue weighted by Gasteiger charge is 2.11. The van der Waals surface area contributed by atoms with E-state index in [9.17, 15) is 9.50 Å². The van der Waals surface area contributed by atoms with Crippen molar-refractivity contribution in [2.24, 2.45) is 0 Å². The Balaban J connectivity index is 2.04. The minimum atomic E-state index is -0.378. The van der Waals surface area contributed by atoms with Crippen molar-refractivity contribution in [3.05, 3.63) is 57.5 Å². The Kier molecular flexibility index (Phi) is 5.29. The van der Waals surface area contributed by atoms with Gasteiger partial charge in [0.1, 0.15) is 5.82 Å². The molecular weight excluding hydrogens is 273 g/mol. The van der Waals surface area contributed by atoms with Gasteiger partial charge in [-0.2, -0.15) is 0 Å². The van der Waals surface area contributed by atoms with Crippen LogP contribution in [0.3, 0.4) is 0 Å². The van der Waals surface area contributed by atoms with Gasteiger partial charge < -0.3 is 5.11 Å². The second-order valence-electron chi connectivity index (χ2n) is 5.16. The fraction of sp³-hybridized carbons (Fsp3) is 0.375. The van der Waals surface area contributed by atoms with Crippen LogP contribution in [0.1, 0.15) is 22.2 Å². The first-order chi connectivity index (χ1) is 9.52. The monoisotopic (exact) mass is 293 g/mol. The van der Waals surface area contributed by atoms with E-state index in [1.54, 1.807) is 30.4 Å². The van der Waals surface area contributed by atoms with E-state index in [4.69, 9.17) is 0 Å². The Morgan fingerprint density at radius 1 is 1.15 bits per heavy atom. The van der Waals surface area contributed by atoms with Crippen molar-refractivity contribution < 1.29 is 9.50 Å². The summed E-state index contributed by atoms with van der Waals surface area (Å²) in [6.07, 6.45) is -0.378. The van der Waals surface area contributed by atoms with E-state index in [1.807, 2.05) is 0 Å². The number of hydrogen-bond acceptors (Lipinski definition) is 3. The van der Waals surface area contributed by atoms with Crippen molar-refractivity contribution in [1.29, 1.82) is 0 Å². The van der Waals surface area contributed by atoms with Crippen LogP contribution in [0, 0.1) is 12.7 Å². The maximum Gasteiger partial charge on any atom is 0.123 e. The minimum absolute atomic E-state index is 0.218. The number of nitrogens with zero attached hydrogens (tertiary/aromatic N) is 1. The third-order valence-corrected chi connectivity index (χ3v) is 4.00. The van der Waals surface area contributed by atoms with Gasteiger partial charge in [-0.1, -0.05) is 12.1 Å². The largest absolute Gasteiger partial charge is 0.392 e. The zero-order chi connectivity index (χ0) is 14.5. The fourth-order valence-corrected chi connectivity index (χ4v) is 3.13. The summed E-state index contributed by atoms with van der Waals surface area (Å²) in [4.78, 5) is 4.76. The molecule has 0 saturated heterocycles. The van der Waals surface area contributed by atoms with Gasteiger partial charge in [-0.15, -0.1) is 11.3 Å². The third-order valence-electron chi connectivity index (χ3n) is 3.02. The lowest BCUT2D eigenvalue weighted by molar-refractivity contribution is 0.119. The van der Waals surface area contributed by atoms with Crippen molar-refractivity contribution in [2.75, 3.05) is 6.54 Å². The summed E-state index contributed by atoms with van der Waals surface area (Å²) in [5.74, 6) is -0.218. The average molecular weight is 293 g/mol. The van der Waals surface area contributed by atoms with Crippen LogP contribution >= 0.6 is 11.3 Å². The van der Waals surface area contributed by atoms with E-state index in [0.717, 1.165) is 12.1 Å². The molecule has 0 unspecified atom stereocenters. The molecule has 20 heavy (non-hydrogen) atoms. The fourth-order valence-electron chi connectivity index (χ4n) is 2.20. The van der Waals surface area contributed by atoms with Crippen LogP contribution < -0.4 is 0 Å². The van der Waals surface area contributed by atoms with Crippen LogP contribution in [0.25, 0.3) is 0 Å². The van der Waals surface area contributed by atoms with Crippen molar-refractivity contribution in [1.82, 2.24) is 4.90 Å². The second-order valence-corrected chi connectivity index (χ2v) is 6.53. The predicted octanol–water partition coefficient (Wildman–Crippen LogP) is 3.58. The van der Waals surface area contributed by atoms with Gasteiger partial charge in [-0.05, 0) is 43.7 Å². The van der Waals surface area contributed by atoms with E-state index < -0.39 is 0 Å². The van der Waals surface area contributed by atoms with Crippen molar-refractivity contribution in [3.8, 4) is 0 Å². The lowest BCUT2D eigenvalue weighted by atomic mass is 10.2. The number of aliphatic hydroxyl groups excluding tert-OH is 1. The Hall–Kier alpha value is -1.23. The number of aliphatic hydroxyl groups is 1. The molecule has 0 amide bonds. The topological polar surface area (TPSA) is 23.5 Å². The predicted molar refractivity (Wildman–Crippen MR) is 81.3 cm³/mol. The Bertz CT molecular complexity index is 536. The summed E-state index contributed by atoms with van der Waals surface area (Å²) >= 11 is 1.77. The lowest BCUT2D eigenvalue weighted by Crippen LogP contribution is -2.30. The highest BCUT2D eigenvalue weighted by atomic mass is 32.1. The second kappa shape index (κ2) is 6.97. The first kappa shape index (κ1) is 15.2. The standard InChI is InChI=1S/C16H20FNOS/c1-12(19)9-18(11-16-8-3-13(2)20-16)10-14-4-6-15(17)7-5-14/h3-8,12,19H,9-11H2,1-2H3/t12-/m1/s1. The molecule has 2 nitrogen and oxygen atoms in total. The molecular formula is C16H20FNOS. The van der Waals surface area contributed by atoms with Crippen molar-refractivity contribution in [2.45, 2.75) is 33.0 Å². The molecule has 1 atom stereocenters. The smallest absolute Gasteiger partial charge is 0.123 e. The maximum absolute atomic E-state index is 12.9. The molecule has 0 saturated carbocycles. The molecule has 1 aromatic heterocycles. The molecule has 4 heteroatoms. The van der Waals surface area contributed by atoms with E-state index >= 15 is 0 Å². The highest BCUT2D eigenvalue weighted by Crippen LogP contribution is 2.18. The minimum Gasteiger partial charge on any atom is -0.392 e. The van der Waals surface area contributed by atoms with Gasteiger partial charge in [0.25, 0.3) is 0 Å². The third kappa shape index (κ3) is 4.71. The van der Waals surface area contributed by atoms with Gasteiger partial charge in [0.2, 0.25) is 0 Å². The van der Waals surface area contributed by atoms with E-state index in [-0.39, 0.29) is 11.9 Å². The van der Waals surface area contributed by atoms with Crippen LogP contribution in [0.2, 0.25) is 0 Å². The highest BCUT2D eigenvalue weighted by molar-refractivity contribution is 7.11. The number of thiophene rings is 1. The molecule has 0 aliphatic carbocycles. The molecule has 0 aliphatic heterocycles.